The molecule has 1 aliphatic carbocycles. The smallest absolute Gasteiger partial charge is 0.196 e. The second-order valence-corrected chi connectivity index (χ2v) is 14.1. The van der Waals surface area contributed by atoms with Crippen molar-refractivity contribution >= 4 is 48.0 Å². The van der Waals surface area contributed by atoms with E-state index in [-0.39, 0.29) is 16.2 Å². The number of hydrogen-bond donors (Lipinski definition) is 0. The van der Waals surface area contributed by atoms with Crippen molar-refractivity contribution in [2.75, 3.05) is 0 Å². The molecule has 2 aromatic heterocycles. The van der Waals surface area contributed by atoms with Crippen molar-refractivity contribution < 1.29 is 0 Å². The number of benzene rings is 3. The van der Waals surface area contributed by atoms with Crippen molar-refractivity contribution in [3.63, 3.8) is 0 Å². The van der Waals surface area contributed by atoms with Crippen LogP contribution in [0.5, 0.6) is 0 Å². The molecule has 0 bridgehead atoms. The van der Waals surface area contributed by atoms with Gasteiger partial charge in [0.2, 0.25) is 0 Å². The highest BCUT2D eigenvalue weighted by Gasteiger charge is 2.39. The van der Waals surface area contributed by atoms with E-state index < -0.39 is 0 Å². The van der Waals surface area contributed by atoms with Crippen LogP contribution < -0.4 is 0 Å². The standard InChI is InChI=1S/C34H34N2S/c1-32(2,3)24-18-21(17-20-11-9-10-12-22(20)24)29-30-23(13-16-36-29)27-26(35-8)19-25-28(31(27)37-30)34(6,7)15-14-33(25,4)5/h9-13,16-19H,14-15H2,1-7H3. The Bertz CT molecular complexity index is 1770. The van der Waals surface area contributed by atoms with Crippen LogP contribution in [-0.4, -0.2) is 4.98 Å². The van der Waals surface area contributed by atoms with E-state index in [0.717, 1.165) is 40.6 Å². The summed E-state index contributed by atoms with van der Waals surface area (Å²) in [5.74, 6) is 0. The normalized spacial score (nSPS) is 16.7. The van der Waals surface area contributed by atoms with Gasteiger partial charge in [-0.1, -0.05) is 78.8 Å². The molecule has 6 rings (SSSR count). The van der Waals surface area contributed by atoms with Crippen LogP contribution in [0, 0.1) is 6.57 Å². The van der Waals surface area contributed by atoms with Crippen molar-refractivity contribution in [2.45, 2.75) is 77.6 Å². The topological polar surface area (TPSA) is 17.2 Å². The molecule has 0 spiro atoms. The molecule has 2 nitrogen and oxygen atoms in total. The van der Waals surface area contributed by atoms with Crippen LogP contribution in [0.1, 0.15) is 78.0 Å². The average molecular weight is 503 g/mol. The fourth-order valence-corrected chi connectivity index (χ4v) is 7.87. The van der Waals surface area contributed by atoms with Gasteiger partial charge < -0.3 is 0 Å². The van der Waals surface area contributed by atoms with Crippen molar-refractivity contribution in [3.05, 3.63) is 82.8 Å². The zero-order valence-electron chi connectivity index (χ0n) is 22.9. The van der Waals surface area contributed by atoms with Gasteiger partial charge in [-0.2, -0.15) is 0 Å². The molecule has 0 N–H and O–H groups in total. The lowest BCUT2D eigenvalue weighted by atomic mass is 9.63. The first-order valence-electron chi connectivity index (χ1n) is 13.2. The molecule has 3 heteroatoms. The molecule has 0 saturated heterocycles. The first-order valence-corrected chi connectivity index (χ1v) is 14.0. The highest BCUT2D eigenvalue weighted by molar-refractivity contribution is 7.26. The van der Waals surface area contributed by atoms with E-state index in [0.29, 0.717) is 0 Å². The second kappa shape index (κ2) is 7.89. The van der Waals surface area contributed by atoms with Gasteiger partial charge in [0, 0.05) is 21.8 Å². The van der Waals surface area contributed by atoms with Crippen LogP contribution in [0.25, 0.3) is 47.0 Å². The first-order chi connectivity index (χ1) is 17.4. The molecule has 3 aromatic carbocycles. The average Bonchev–Trinajstić information content (AvgIpc) is 3.24. The zero-order valence-corrected chi connectivity index (χ0v) is 23.7. The molecule has 0 fully saturated rings. The molecule has 2 heterocycles. The summed E-state index contributed by atoms with van der Waals surface area (Å²) >= 11 is 1.84. The van der Waals surface area contributed by atoms with Gasteiger partial charge in [0.15, 0.2) is 5.69 Å². The number of nitrogens with zero attached hydrogens (tertiary/aromatic N) is 2. The summed E-state index contributed by atoms with van der Waals surface area (Å²) in [5.41, 5.74) is 7.22. The molecule has 0 amide bonds. The van der Waals surface area contributed by atoms with E-state index in [1.165, 1.54) is 36.9 Å². The lowest BCUT2D eigenvalue weighted by molar-refractivity contribution is 0.335. The molecule has 0 radical (unpaired) electrons. The SMILES string of the molecule is [C-]#[N+]c1cc2c(c3sc4c(-c5cc(C(C)(C)C)c6ccccc6c5)nccc4c13)C(C)(C)CCC2(C)C. The minimum atomic E-state index is 0.00954. The molecule has 0 unspecified atom stereocenters. The van der Waals surface area contributed by atoms with Crippen LogP contribution in [0.4, 0.5) is 5.69 Å². The minimum Gasteiger partial charge on any atom is -0.255 e. The molecule has 1 aliphatic rings. The van der Waals surface area contributed by atoms with Gasteiger partial charge in [-0.3, -0.25) is 4.98 Å². The predicted octanol–water partition coefficient (Wildman–Crippen LogP) is 10.5. The van der Waals surface area contributed by atoms with E-state index in [4.69, 9.17) is 11.6 Å². The summed E-state index contributed by atoms with van der Waals surface area (Å²) in [6.45, 7) is 24.4. The van der Waals surface area contributed by atoms with Gasteiger partial charge >= 0.3 is 0 Å². The number of pyridine rings is 1. The fraction of sp³-hybridized carbons (Fsp3) is 0.353. The summed E-state index contributed by atoms with van der Waals surface area (Å²) in [6, 6.07) is 17.6. The Balaban J connectivity index is 1.74. The quantitative estimate of drug-likeness (QED) is 0.208. The van der Waals surface area contributed by atoms with E-state index in [1.54, 1.807) is 0 Å². The van der Waals surface area contributed by atoms with Crippen LogP contribution >= 0.6 is 11.3 Å². The Morgan fingerprint density at radius 3 is 2.35 bits per heavy atom. The Morgan fingerprint density at radius 2 is 1.62 bits per heavy atom. The van der Waals surface area contributed by atoms with Crippen LogP contribution in [0.15, 0.2) is 54.7 Å². The highest BCUT2D eigenvalue weighted by Crippen LogP contribution is 2.54. The molecule has 0 atom stereocenters. The van der Waals surface area contributed by atoms with Gasteiger partial charge in [-0.05, 0) is 80.1 Å². The third-order valence-electron chi connectivity index (χ3n) is 8.48. The summed E-state index contributed by atoms with van der Waals surface area (Å²) in [5, 5.41) is 4.81. The lowest BCUT2D eigenvalue weighted by Gasteiger charge is -2.42. The maximum absolute atomic E-state index is 8.10. The first kappa shape index (κ1) is 24.1. The molecule has 5 aromatic rings. The largest absolute Gasteiger partial charge is 0.255 e. The highest BCUT2D eigenvalue weighted by atomic mass is 32.1. The summed E-state index contributed by atoms with van der Waals surface area (Å²) in [6.07, 6.45) is 4.22. The molecule has 0 aliphatic heterocycles. The predicted molar refractivity (Wildman–Crippen MR) is 160 cm³/mol. The fourth-order valence-electron chi connectivity index (χ4n) is 6.31. The Kier molecular flexibility index (Phi) is 5.15. The molecule has 186 valence electrons. The molecule has 0 saturated carbocycles. The van der Waals surface area contributed by atoms with Crippen molar-refractivity contribution in [2.24, 2.45) is 0 Å². The second-order valence-electron chi connectivity index (χ2n) is 13.0. The third-order valence-corrected chi connectivity index (χ3v) is 9.71. The minimum absolute atomic E-state index is 0.00954. The third kappa shape index (κ3) is 3.61. The van der Waals surface area contributed by atoms with Gasteiger partial charge in [0.05, 0.1) is 17.0 Å². The number of rotatable bonds is 1. The molecule has 37 heavy (non-hydrogen) atoms. The zero-order chi connectivity index (χ0) is 26.3. The maximum Gasteiger partial charge on any atom is 0.196 e. The van der Waals surface area contributed by atoms with Crippen LogP contribution in [0.2, 0.25) is 0 Å². The summed E-state index contributed by atoms with van der Waals surface area (Å²) in [4.78, 5) is 9.04. The van der Waals surface area contributed by atoms with Crippen LogP contribution in [-0.2, 0) is 16.2 Å². The monoisotopic (exact) mass is 502 g/mol. The van der Waals surface area contributed by atoms with Gasteiger partial charge in [-0.25, -0.2) is 4.85 Å². The number of aromatic nitrogens is 1. The molecular weight excluding hydrogens is 468 g/mol. The van der Waals surface area contributed by atoms with E-state index in [1.807, 2.05) is 17.5 Å². The van der Waals surface area contributed by atoms with Crippen molar-refractivity contribution in [3.8, 4) is 11.3 Å². The van der Waals surface area contributed by atoms with Gasteiger partial charge in [0.25, 0.3) is 0 Å². The van der Waals surface area contributed by atoms with Gasteiger partial charge in [0.1, 0.15) is 0 Å². The Morgan fingerprint density at radius 1 is 0.892 bits per heavy atom. The van der Waals surface area contributed by atoms with Crippen molar-refractivity contribution in [1.29, 1.82) is 0 Å². The van der Waals surface area contributed by atoms with Crippen LogP contribution in [0.3, 0.4) is 0 Å². The van der Waals surface area contributed by atoms with Crippen molar-refractivity contribution in [1.82, 2.24) is 4.98 Å². The Hall–Kier alpha value is -3.22. The maximum atomic E-state index is 8.10. The summed E-state index contributed by atoms with van der Waals surface area (Å²) < 4.78 is 2.47. The van der Waals surface area contributed by atoms with E-state index >= 15 is 0 Å². The number of fused-ring (bicyclic) bond motifs is 6. The van der Waals surface area contributed by atoms with Gasteiger partial charge in [-0.15, -0.1) is 11.3 Å². The van der Waals surface area contributed by atoms with E-state index in [2.05, 4.69) is 102 Å². The van der Waals surface area contributed by atoms with E-state index in [9.17, 15) is 0 Å². The molecular formula is C34H34N2S. The summed E-state index contributed by atoms with van der Waals surface area (Å²) in [7, 11) is 0. The lowest BCUT2D eigenvalue weighted by Crippen LogP contribution is -2.33. The Labute approximate surface area is 224 Å². The number of thiophene rings is 1. The number of hydrogen-bond acceptors (Lipinski definition) is 2.